The SMILES string of the molecule is Cc1cc(I)ccc1OCCCCn1ccnc1. The normalized spacial score (nSPS) is 10.6. The Morgan fingerprint density at radius 3 is 2.94 bits per heavy atom. The van der Waals surface area contributed by atoms with Gasteiger partial charge in [0, 0.05) is 22.5 Å². The summed E-state index contributed by atoms with van der Waals surface area (Å²) in [6.07, 6.45) is 7.82. The van der Waals surface area contributed by atoms with Gasteiger partial charge in [-0.3, -0.25) is 0 Å². The van der Waals surface area contributed by atoms with Crippen molar-refractivity contribution in [2.75, 3.05) is 6.61 Å². The standard InChI is InChI=1S/C14H17IN2O/c1-12-10-13(15)4-5-14(12)18-9-3-2-7-17-8-6-16-11-17/h4-6,8,10-11H,2-3,7,9H2,1H3. The van der Waals surface area contributed by atoms with E-state index in [0.29, 0.717) is 0 Å². The zero-order valence-electron chi connectivity index (χ0n) is 10.5. The lowest BCUT2D eigenvalue weighted by atomic mass is 10.2. The predicted octanol–water partition coefficient (Wildman–Crippen LogP) is 3.66. The molecule has 0 atom stereocenters. The Bertz CT molecular complexity index is 483. The highest BCUT2D eigenvalue weighted by atomic mass is 127. The Kier molecular flexibility index (Phi) is 5.04. The first-order valence-electron chi connectivity index (χ1n) is 6.10. The van der Waals surface area contributed by atoms with Crippen molar-refractivity contribution in [1.29, 1.82) is 0 Å². The molecule has 0 unspecified atom stereocenters. The highest BCUT2D eigenvalue weighted by Gasteiger charge is 1.99. The monoisotopic (exact) mass is 356 g/mol. The first-order valence-corrected chi connectivity index (χ1v) is 7.18. The van der Waals surface area contributed by atoms with Gasteiger partial charge in [-0.1, -0.05) is 0 Å². The predicted molar refractivity (Wildman–Crippen MR) is 80.9 cm³/mol. The van der Waals surface area contributed by atoms with Gasteiger partial charge in [0.25, 0.3) is 0 Å². The van der Waals surface area contributed by atoms with Crippen molar-refractivity contribution in [3.8, 4) is 5.75 Å². The fourth-order valence-corrected chi connectivity index (χ4v) is 2.42. The molecule has 0 spiro atoms. The number of imidazole rings is 1. The van der Waals surface area contributed by atoms with Gasteiger partial charge >= 0.3 is 0 Å². The van der Waals surface area contributed by atoms with Crippen LogP contribution in [0.3, 0.4) is 0 Å². The van der Waals surface area contributed by atoms with E-state index in [2.05, 4.69) is 51.2 Å². The third-order valence-electron chi connectivity index (χ3n) is 2.76. The van der Waals surface area contributed by atoms with Crippen molar-refractivity contribution in [3.63, 3.8) is 0 Å². The summed E-state index contributed by atoms with van der Waals surface area (Å²) in [6, 6.07) is 6.27. The van der Waals surface area contributed by atoms with Gasteiger partial charge in [-0.15, -0.1) is 0 Å². The van der Waals surface area contributed by atoms with Crippen molar-refractivity contribution >= 4 is 22.6 Å². The van der Waals surface area contributed by atoms with E-state index in [-0.39, 0.29) is 0 Å². The van der Waals surface area contributed by atoms with Crippen LogP contribution in [0, 0.1) is 10.5 Å². The van der Waals surface area contributed by atoms with Crippen molar-refractivity contribution in [2.24, 2.45) is 0 Å². The molecular weight excluding hydrogens is 339 g/mol. The summed E-state index contributed by atoms with van der Waals surface area (Å²) in [5.41, 5.74) is 1.21. The third kappa shape index (κ3) is 4.01. The summed E-state index contributed by atoms with van der Waals surface area (Å²) in [5.74, 6) is 0.998. The van der Waals surface area contributed by atoms with Crippen molar-refractivity contribution in [1.82, 2.24) is 9.55 Å². The van der Waals surface area contributed by atoms with E-state index in [9.17, 15) is 0 Å². The lowest BCUT2D eigenvalue weighted by Crippen LogP contribution is -2.02. The van der Waals surface area contributed by atoms with E-state index in [0.717, 1.165) is 31.7 Å². The quantitative estimate of drug-likeness (QED) is 0.584. The van der Waals surface area contributed by atoms with Crippen LogP contribution in [-0.2, 0) is 6.54 Å². The molecule has 1 aromatic carbocycles. The molecule has 0 aliphatic heterocycles. The zero-order chi connectivity index (χ0) is 12.8. The van der Waals surface area contributed by atoms with Crippen LogP contribution < -0.4 is 4.74 Å². The Morgan fingerprint density at radius 2 is 2.22 bits per heavy atom. The maximum Gasteiger partial charge on any atom is 0.122 e. The minimum absolute atomic E-state index is 0.774. The number of aryl methyl sites for hydroxylation is 2. The number of hydrogen-bond donors (Lipinski definition) is 0. The van der Waals surface area contributed by atoms with Gasteiger partial charge < -0.3 is 9.30 Å². The topological polar surface area (TPSA) is 27.1 Å². The fourth-order valence-electron chi connectivity index (χ4n) is 1.77. The Labute approximate surface area is 121 Å². The van der Waals surface area contributed by atoms with Crippen LogP contribution in [0.2, 0.25) is 0 Å². The lowest BCUT2D eigenvalue weighted by molar-refractivity contribution is 0.301. The molecule has 1 aromatic heterocycles. The zero-order valence-corrected chi connectivity index (χ0v) is 12.6. The molecule has 0 N–H and O–H groups in total. The van der Waals surface area contributed by atoms with Crippen LogP contribution in [0.25, 0.3) is 0 Å². The summed E-state index contributed by atoms with van der Waals surface area (Å²) < 4.78 is 9.12. The molecule has 0 bridgehead atoms. The highest BCUT2D eigenvalue weighted by molar-refractivity contribution is 14.1. The second-order valence-electron chi connectivity index (χ2n) is 4.27. The largest absolute Gasteiger partial charge is 0.493 e. The minimum Gasteiger partial charge on any atom is -0.493 e. The van der Waals surface area contributed by atoms with Crippen molar-refractivity contribution < 1.29 is 4.74 Å². The molecule has 0 aliphatic rings. The van der Waals surface area contributed by atoms with Gasteiger partial charge in [0.2, 0.25) is 0 Å². The number of aromatic nitrogens is 2. The number of hydrogen-bond acceptors (Lipinski definition) is 2. The van der Waals surface area contributed by atoms with Crippen LogP contribution >= 0.6 is 22.6 Å². The third-order valence-corrected chi connectivity index (χ3v) is 3.44. The maximum atomic E-state index is 5.78. The molecule has 96 valence electrons. The van der Waals surface area contributed by atoms with Gasteiger partial charge in [-0.25, -0.2) is 4.98 Å². The van der Waals surface area contributed by atoms with Crippen LogP contribution in [-0.4, -0.2) is 16.2 Å². The molecule has 0 saturated carbocycles. The number of benzene rings is 1. The molecule has 0 amide bonds. The summed E-state index contributed by atoms with van der Waals surface area (Å²) in [5, 5.41) is 0. The minimum atomic E-state index is 0.774. The molecule has 18 heavy (non-hydrogen) atoms. The molecule has 3 nitrogen and oxygen atoms in total. The summed E-state index contributed by atoms with van der Waals surface area (Å²) >= 11 is 2.31. The van der Waals surface area contributed by atoms with Gasteiger partial charge in [-0.05, 0) is 66.1 Å². The van der Waals surface area contributed by atoms with Gasteiger partial charge in [0.05, 0.1) is 12.9 Å². The number of rotatable bonds is 6. The number of nitrogens with zero attached hydrogens (tertiary/aromatic N) is 2. The van der Waals surface area contributed by atoms with Crippen LogP contribution in [0.4, 0.5) is 0 Å². The van der Waals surface area contributed by atoms with E-state index in [4.69, 9.17) is 4.74 Å². The first-order chi connectivity index (χ1) is 8.75. The summed E-state index contributed by atoms with van der Waals surface area (Å²) in [4.78, 5) is 4.02. The highest BCUT2D eigenvalue weighted by Crippen LogP contribution is 2.20. The number of ether oxygens (including phenoxy) is 1. The number of unbranched alkanes of at least 4 members (excludes halogenated alkanes) is 1. The second-order valence-corrected chi connectivity index (χ2v) is 5.51. The van der Waals surface area contributed by atoms with Crippen LogP contribution in [0.15, 0.2) is 36.9 Å². The average Bonchev–Trinajstić information content (AvgIpc) is 2.84. The van der Waals surface area contributed by atoms with E-state index >= 15 is 0 Å². The second kappa shape index (κ2) is 6.78. The molecule has 0 saturated heterocycles. The van der Waals surface area contributed by atoms with Crippen molar-refractivity contribution in [2.45, 2.75) is 26.3 Å². The summed E-state index contributed by atoms with van der Waals surface area (Å²) in [6.45, 7) is 3.87. The Balaban J connectivity index is 1.69. The molecule has 1 heterocycles. The Hall–Kier alpha value is -1.04. The van der Waals surface area contributed by atoms with E-state index < -0.39 is 0 Å². The van der Waals surface area contributed by atoms with Crippen LogP contribution in [0.1, 0.15) is 18.4 Å². The molecular formula is C14H17IN2O. The molecule has 4 heteroatoms. The molecule has 0 fully saturated rings. The lowest BCUT2D eigenvalue weighted by Gasteiger charge is -2.09. The Morgan fingerprint density at radius 1 is 1.33 bits per heavy atom. The van der Waals surface area contributed by atoms with Gasteiger partial charge in [0.1, 0.15) is 5.75 Å². The van der Waals surface area contributed by atoms with E-state index in [1.165, 1.54) is 9.13 Å². The first kappa shape index (κ1) is 13.4. The van der Waals surface area contributed by atoms with Gasteiger partial charge in [-0.2, -0.15) is 0 Å². The van der Waals surface area contributed by atoms with E-state index in [1.54, 1.807) is 0 Å². The fraction of sp³-hybridized carbons (Fsp3) is 0.357. The van der Waals surface area contributed by atoms with Crippen LogP contribution in [0.5, 0.6) is 5.75 Å². The average molecular weight is 356 g/mol. The molecule has 2 aromatic rings. The molecule has 2 rings (SSSR count). The van der Waals surface area contributed by atoms with E-state index in [1.807, 2.05) is 24.8 Å². The maximum absolute atomic E-state index is 5.78. The van der Waals surface area contributed by atoms with Gasteiger partial charge in [0.15, 0.2) is 0 Å². The molecule has 0 aliphatic carbocycles. The van der Waals surface area contributed by atoms with Crippen molar-refractivity contribution in [3.05, 3.63) is 46.1 Å². The molecule has 0 radical (unpaired) electrons. The number of halogens is 1. The smallest absolute Gasteiger partial charge is 0.122 e. The summed E-state index contributed by atoms with van der Waals surface area (Å²) in [7, 11) is 0.